The fraction of sp³-hybridized carbons (Fsp3) is 0.250. The van der Waals surface area contributed by atoms with Gasteiger partial charge in [0.05, 0.1) is 10.2 Å². The minimum Gasteiger partial charge on any atom is -0.493 e. The van der Waals surface area contributed by atoms with Crippen molar-refractivity contribution < 1.29 is 7.81 Å². The van der Waals surface area contributed by atoms with Crippen molar-refractivity contribution >= 4 is 21.2 Å². The van der Waals surface area contributed by atoms with Crippen LogP contribution in [0.5, 0.6) is 5.75 Å². The van der Waals surface area contributed by atoms with Crippen LogP contribution in [0, 0.1) is 3.57 Å². The summed E-state index contributed by atoms with van der Waals surface area (Å²) >= 11 is -1.10. The normalized spacial score (nSPS) is 9.55. The second kappa shape index (κ2) is 4.43. The molecule has 0 bridgehead atoms. The largest absolute Gasteiger partial charge is 0.493 e. The molecule has 0 amide bonds. The maximum Gasteiger partial charge on any atom is 0.185 e. The summed E-state index contributed by atoms with van der Waals surface area (Å²) in [5.41, 5.74) is 0. The lowest BCUT2D eigenvalue weighted by molar-refractivity contribution is 0.338. The zero-order valence-electron chi connectivity index (χ0n) is 6.21. The van der Waals surface area contributed by atoms with E-state index in [1.54, 1.807) is 0 Å². The molecule has 2 nitrogen and oxygen atoms in total. The summed E-state index contributed by atoms with van der Waals surface area (Å²) in [6, 6.07) is 7.44. The van der Waals surface area contributed by atoms with E-state index in [1.807, 2.05) is 31.2 Å². The van der Waals surface area contributed by atoms with Crippen LogP contribution in [-0.4, -0.2) is 6.61 Å². The molecule has 0 aliphatic heterocycles. The van der Waals surface area contributed by atoms with Gasteiger partial charge in [0.25, 0.3) is 0 Å². The van der Waals surface area contributed by atoms with Gasteiger partial charge in [0.15, 0.2) is 21.2 Å². The van der Waals surface area contributed by atoms with Gasteiger partial charge in [-0.2, -0.15) is 0 Å². The van der Waals surface area contributed by atoms with E-state index in [9.17, 15) is 3.07 Å². The predicted molar refractivity (Wildman–Crippen MR) is 51.0 cm³/mol. The van der Waals surface area contributed by atoms with Crippen LogP contribution < -0.4 is 4.74 Å². The van der Waals surface area contributed by atoms with E-state index in [2.05, 4.69) is 0 Å². The molecule has 1 rings (SSSR count). The van der Waals surface area contributed by atoms with Crippen molar-refractivity contribution in [1.29, 1.82) is 0 Å². The summed E-state index contributed by atoms with van der Waals surface area (Å²) in [5, 5.41) is 0. The first-order valence-electron chi connectivity index (χ1n) is 3.37. The lowest BCUT2D eigenvalue weighted by atomic mass is 10.3. The van der Waals surface area contributed by atoms with Crippen molar-refractivity contribution in [3.8, 4) is 5.75 Å². The lowest BCUT2D eigenvalue weighted by Crippen LogP contribution is -1.92. The summed E-state index contributed by atoms with van der Waals surface area (Å²) in [6.07, 6.45) is 0. The number of hydrogen-bond donors (Lipinski definition) is 0. The van der Waals surface area contributed by atoms with Crippen molar-refractivity contribution in [3.63, 3.8) is 0 Å². The summed E-state index contributed by atoms with van der Waals surface area (Å²) in [5.74, 6) is 0.762. The van der Waals surface area contributed by atoms with E-state index < -0.39 is 21.2 Å². The van der Waals surface area contributed by atoms with Gasteiger partial charge in [-0.05, 0) is 19.1 Å². The minimum atomic E-state index is -1.10. The standard InChI is InChI=1S/C8H9IO2/c1-2-11-8-6-4-3-5-7(8)9-10/h3-6H,2H2,1H3. The molecule has 60 valence electrons. The van der Waals surface area contributed by atoms with Gasteiger partial charge in [0, 0.05) is 0 Å². The van der Waals surface area contributed by atoms with Crippen LogP contribution >= 0.6 is 21.2 Å². The molecule has 1 aromatic carbocycles. The highest BCUT2D eigenvalue weighted by atomic mass is 127. The number of para-hydroxylation sites is 1. The molecule has 0 aliphatic rings. The first kappa shape index (κ1) is 8.64. The molecule has 0 atom stereocenters. The molecule has 0 saturated carbocycles. The van der Waals surface area contributed by atoms with Crippen LogP contribution in [0.15, 0.2) is 24.3 Å². The Balaban J connectivity index is 2.92. The Morgan fingerprint density at radius 2 is 2.18 bits per heavy atom. The predicted octanol–water partition coefficient (Wildman–Crippen LogP) is 2.57. The van der Waals surface area contributed by atoms with E-state index >= 15 is 0 Å². The lowest BCUT2D eigenvalue weighted by Gasteiger charge is -2.02. The van der Waals surface area contributed by atoms with E-state index in [-0.39, 0.29) is 0 Å². The molecule has 0 spiro atoms. The molecule has 0 heterocycles. The third kappa shape index (κ3) is 2.25. The van der Waals surface area contributed by atoms with E-state index in [0.717, 1.165) is 9.32 Å². The molecule has 1 aromatic rings. The third-order valence-corrected chi connectivity index (χ3v) is 2.59. The van der Waals surface area contributed by atoms with Crippen molar-refractivity contribution in [3.05, 3.63) is 27.8 Å². The maximum absolute atomic E-state index is 10.7. The molecule has 0 saturated heterocycles. The average Bonchev–Trinajstić information content (AvgIpc) is 2.06. The Morgan fingerprint density at radius 3 is 2.82 bits per heavy atom. The zero-order chi connectivity index (χ0) is 8.10. The van der Waals surface area contributed by atoms with Crippen LogP contribution in [0.1, 0.15) is 6.92 Å². The topological polar surface area (TPSA) is 26.3 Å². The molecule has 0 aromatic heterocycles. The highest BCUT2D eigenvalue weighted by molar-refractivity contribution is 14.1. The maximum atomic E-state index is 10.7. The van der Waals surface area contributed by atoms with E-state index in [0.29, 0.717) is 6.61 Å². The van der Waals surface area contributed by atoms with E-state index in [4.69, 9.17) is 4.74 Å². The summed E-state index contributed by atoms with van der Waals surface area (Å²) in [4.78, 5) is 0. The molecule has 0 N–H and O–H groups in total. The number of ether oxygens (including phenoxy) is 1. The summed E-state index contributed by atoms with van der Waals surface area (Å²) in [6.45, 7) is 2.54. The number of hydrogen-bond acceptors (Lipinski definition) is 2. The summed E-state index contributed by atoms with van der Waals surface area (Å²) in [7, 11) is 0. The Kier molecular flexibility index (Phi) is 3.48. The van der Waals surface area contributed by atoms with Crippen LogP contribution in [0.25, 0.3) is 0 Å². The van der Waals surface area contributed by atoms with Gasteiger partial charge >= 0.3 is 0 Å². The quantitative estimate of drug-likeness (QED) is 0.784. The van der Waals surface area contributed by atoms with E-state index in [1.165, 1.54) is 0 Å². The Bertz CT molecular complexity index is 248. The smallest absolute Gasteiger partial charge is 0.185 e. The van der Waals surface area contributed by atoms with Crippen molar-refractivity contribution in [2.75, 3.05) is 6.61 Å². The van der Waals surface area contributed by atoms with Crippen molar-refractivity contribution in [1.82, 2.24) is 0 Å². The van der Waals surface area contributed by atoms with Crippen LogP contribution in [-0.2, 0) is 3.07 Å². The highest BCUT2D eigenvalue weighted by Gasteiger charge is 1.99. The molecular weight excluding hydrogens is 255 g/mol. The highest BCUT2D eigenvalue weighted by Crippen LogP contribution is 2.22. The molecule has 3 heteroatoms. The Morgan fingerprint density at radius 1 is 1.45 bits per heavy atom. The molecule has 0 radical (unpaired) electrons. The Hall–Kier alpha value is -0.450. The van der Waals surface area contributed by atoms with Gasteiger partial charge in [0.2, 0.25) is 0 Å². The first-order valence-corrected chi connectivity index (χ1v) is 5.33. The van der Waals surface area contributed by atoms with Gasteiger partial charge in [-0.25, -0.2) is 0 Å². The van der Waals surface area contributed by atoms with Crippen LogP contribution in [0.4, 0.5) is 0 Å². The second-order valence-electron chi connectivity index (χ2n) is 1.94. The van der Waals surface area contributed by atoms with Gasteiger partial charge in [0.1, 0.15) is 5.75 Å². The molecule has 11 heavy (non-hydrogen) atoms. The van der Waals surface area contributed by atoms with Crippen LogP contribution in [0.3, 0.4) is 0 Å². The summed E-state index contributed by atoms with van der Waals surface area (Å²) < 4.78 is 16.8. The van der Waals surface area contributed by atoms with Gasteiger partial charge in [-0.3, -0.25) is 3.07 Å². The molecule has 0 aliphatic carbocycles. The SMILES string of the molecule is CCOc1ccccc1I=O. The Labute approximate surface area is 76.2 Å². The fourth-order valence-corrected chi connectivity index (χ4v) is 1.69. The molecular formula is C8H9IO2. The van der Waals surface area contributed by atoms with Gasteiger partial charge in [-0.1, -0.05) is 12.1 Å². The van der Waals surface area contributed by atoms with Gasteiger partial charge < -0.3 is 4.74 Å². The first-order chi connectivity index (χ1) is 5.38. The van der Waals surface area contributed by atoms with Crippen molar-refractivity contribution in [2.45, 2.75) is 6.92 Å². The number of rotatable bonds is 3. The third-order valence-electron chi connectivity index (χ3n) is 1.22. The molecule has 0 fully saturated rings. The van der Waals surface area contributed by atoms with Crippen LogP contribution in [0.2, 0.25) is 0 Å². The molecule has 0 unspecified atom stereocenters. The minimum absolute atomic E-state index is 0.626. The fourth-order valence-electron chi connectivity index (χ4n) is 0.781. The van der Waals surface area contributed by atoms with Gasteiger partial charge in [-0.15, -0.1) is 0 Å². The zero-order valence-corrected chi connectivity index (χ0v) is 8.37. The number of halogens is 1. The monoisotopic (exact) mass is 264 g/mol. The second-order valence-corrected chi connectivity index (χ2v) is 3.54. The average molecular weight is 264 g/mol. The number of benzene rings is 1. The van der Waals surface area contributed by atoms with Crippen molar-refractivity contribution in [2.24, 2.45) is 0 Å².